The fraction of sp³-hybridized carbons (Fsp3) is 0.586. The number of rotatable bonds is 5. The van der Waals surface area contributed by atoms with Crippen LogP contribution in [0, 0.1) is 22.7 Å². The molecule has 3 unspecified atom stereocenters. The van der Waals surface area contributed by atoms with Crippen molar-refractivity contribution < 1.29 is 4.79 Å². The first-order valence-electron chi connectivity index (χ1n) is 13.1. The van der Waals surface area contributed by atoms with Crippen LogP contribution in [0.25, 0.3) is 10.8 Å². The number of hydrogen-bond donors (Lipinski definition) is 1. The minimum absolute atomic E-state index is 0.0495. The summed E-state index contributed by atoms with van der Waals surface area (Å²) >= 11 is 0. The summed E-state index contributed by atoms with van der Waals surface area (Å²) < 4.78 is 1.87. The molecule has 2 saturated carbocycles. The number of carbonyl (C=O) groups is 1. The van der Waals surface area contributed by atoms with Crippen LogP contribution in [-0.2, 0) is 11.3 Å². The highest BCUT2D eigenvalue weighted by Crippen LogP contribution is 2.63. The van der Waals surface area contributed by atoms with E-state index in [1.165, 1.54) is 19.3 Å². The highest BCUT2D eigenvalue weighted by atomic mass is 16.1. The van der Waals surface area contributed by atoms with Crippen molar-refractivity contribution >= 4 is 22.4 Å². The molecule has 180 valence electrons. The lowest BCUT2D eigenvalue weighted by molar-refractivity contribution is -0.121. The number of anilines is 1. The lowest BCUT2D eigenvalue weighted by atomic mass is 9.48. The van der Waals surface area contributed by atoms with Gasteiger partial charge in [-0.3, -0.25) is 9.59 Å². The van der Waals surface area contributed by atoms with Gasteiger partial charge in [0.05, 0.1) is 0 Å². The van der Waals surface area contributed by atoms with Gasteiger partial charge in [-0.25, -0.2) is 0 Å². The van der Waals surface area contributed by atoms with Crippen molar-refractivity contribution in [1.82, 2.24) is 9.47 Å². The van der Waals surface area contributed by atoms with E-state index in [9.17, 15) is 9.59 Å². The third-order valence-electron chi connectivity index (χ3n) is 9.08. The van der Waals surface area contributed by atoms with Gasteiger partial charge in [0, 0.05) is 35.6 Å². The van der Waals surface area contributed by atoms with Crippen LogP contribution in [0.3, 0.4) is 0 Å². The second-order valence-electron chi connectivity index (χ2n) is 12.3. The lowest BCUT2D eigenvalue weighted by Crippen LogP contribution is -2.47. The standard InChI is InChI=1S/C29H37N3O2/c1-28-13-21-12-22(14-28)16-29(15-21,19-28)17-26(33)30-25-5-3-4-24-23(25)8-11-32(27(24)34)18-20-6-9-31(2)10-7-20/h3-5,8,11,13,20,22H,6-7,9-10,12,14-19H2,1-2H3,(H,30,33). The van der Waals surface area contributed by atoms with Crippen molar-refractivity contribution in [3.05, 3.63) is 52.5 Å². The molecule has 0 spiro atoms. The predicted molar refractivity (Wildman–Crippen MR) is 137 cm³/mol. The monoisotopic (exact) mass is 459 g/mol. The zero-order valence-electron chi connectivity index (χ0n) is 20.6. The SMILES string of the molecule is CN1CCC(Cn2ccc3c(NC(=O)CC45CC6=CC(C)(CC(C6)C4)C5)cccc3c2=O)CC1. The first-order chi connectivity index (χ1) is 16.3. The second kappa shape index (κ2) is 8.08. The maximum absolute atomic E-state index is 13.3. The Morgan fingerprint density at radius 2 is 1.97 bits per heavy atom. The van der Waals surface area contributed by atoms with Crippen LogP contribution in [0.2, 0.25) is 0 Å². The fourth-order valence-corrected chi connectivity index (χ4v) is 8.09. The maximum Gasteiger partial charge on any atom is 0.258 e. The Hall–Kier alpha value is -2.40. The molecule has 2 heterocycles. The summed E-state index contributed by atoms with van der Waals surface area (Å²) in [5.41, 5.74) is 2.80. The Kier molecular flexibility index (Phi) is 5.25. The fourth-order valence-electron chi connectivity index (χ4n) is 8.09. The van der Waals surface area contributed by atoms with Crippen LogP contribution in [-0.4, -0.2) is 35.5 Å². The molecule has 1 aromatic carbocycles. The highest BCUT2D eigenvalue weighted by Gasteiger charge is 2.52. The van der Waals surface area contributed by atoms with Gasteiger partial charge in [0.25, 0.3) is 5.56 Å². The minimum Gasteiger partial charge on any atom is -0.325 e. The number of benzene rings is 1. The Morgan fingerprint density at radius 1 is 1.15 bits per heavy atom. The molecule has 1 aliphatic heterocycles. The zero-order chi connectivity index (χ0) is 23.5. The first kappa shape index (κ1) is 22.1. The smallest absolute Gasteiger partial charge is 0.258 e. The second-order valence-corrected chi connectivity index (χ2v) is 12.3. The number of allylic oxidation sites excluding steroid dienone is 2. The molecule has 5 aliphatic rings. The number of piperidine rings is 1. The summed E-state index contributed by atoms with van der Waals surface area (Å²) in [4.78, 5) is 28.9. The Morgan fingerprint density at radius 3 is 2.74 bits per heavy atom. The Bertz CT molecular complexity index is 1220. The number of carbonyl (C=O) groups excluding carboxylic acids is 1. The quantitative estimate of drug-likeness (QED) is 0.626. The molecule has 2 aromatic rings. The third-order valence-corrected chi connectivity index (χ3v) is 9.08. The third kappa shape index (κ3) is 4.02. The molecule has 3 fully saturated rings. The van der Waals surface area contributed by atoms with E-state index in [1.807, 2.05) is 35.0 Å². The molecule has 7 rings (SSSR count). The maximum atomic E-state index is 13.3. The van der Waals surface area contributed by atoms with E-state index in [0.29, 0.717) is 17.7 Å². The summed E-state index contributed by atoms with van der Waals surface area (Å²) in [6.07, 6.45) is 13.2. The van der Waals surface area contributed by atoms with Gasteiger partial charge in [-0.2, -0.15) is 0 Å². The van der Waals surface area contributed by atoms with Crippen LogP contribution in [0.15, 0.2) is 46.9 Å². The number of likely N-dealkylation sites (tertiary alicyclic amines) is 1. The zero-order valence-corrected chi connectivity index (χ0v) is 20.6. The Labute approximate surface area is 202 Å². The van der Waals surface area contributed by atoms with E-state index >= 15 is 0 Å². The molecule has 4 aliphatic carbocycles. The number of hydrogen-bond acceptors (Lipinski definition) is 3. The van der Waals surface area contributed by atoms with Gasteiger partial charge in [-0.15, -0.1) is 0 Å². The molecular formula is C29H37N3O2. The molecule has 5 heteroatoms. The van der Waals surface area contributed by atoms with Crippen molar-refractivity contribution in [1.29, 1.82) is 0 Å². The summed E-state index contributed by atoms with van der Waals surface area (Å²) in [6, 6.07) is 7.74. The van der Waals surface area contributed by atoms with E-state index in [-0.39, 0.29) is 22.3 Å². The van der Waals surface area contributed by atoms with E-state index < -0.39 is 0 Å². The van der Waals surface area contributed by atoms with E-state index in [4.69, 9.17) is 0 Å². The van der Waals surface area contributed by atoms with E-state index in [1.54, 1.807) is 5.57 Å². The van der Waals surface area contributed by atoms with Crippen LogP contribution < -0.4 is 10.9 Å². The topological polar surface area (TPSA) is 54.3 Å². The molecule has 1 N–H and O–H groups in total. The number of amides is 1. The number of fused-ring (bicyclic) bond motifs is 1. The van der Waals surface area contributed by atoms with Crippen molar-refractivity contribution in [3.63, 3.8) is 0 Å². The van der Waals surface area contributed by atoms with Crippen molar-refractivity contribution in [2.24, 2.45) is 22.7 Å². The largest absolute Gasteiger partial charge is 0.325 e. The molecule has 4 bridgehead atoms. The van der Waals surface area contributed by atoms with Gasteiger partial charge in [-0.1, -0.05) is 24.6 Å². The molecule has 1 aromatic heterocycles. The van der Waals surface area contributed by atoms with Crippen LogP contribution >= 0.6 is 0 Å². The van der Waals surface area contributed by atoms with Crippen LogP contribution in [0.5, 0.6) is 0 Å². The molecule has 34 heavy (non-hydrogen) atoms. The van der Waals surface area contributed by atoms with Crippen molar-refractivity contribution in [2.75, 3.05) is 25.5 Å². The van der Waals surface area contributed by atoms with Crippen molar-refractivity contribution in [2.45, 2.75) is 64.8 Å². The van der Waals surface area contributed by atoms with Gasteiger partial charge in [-0.05, 0) is 106 Å². The van der Waals surface area contributed by atoms with Crippen LogP contribution in [0.1, 0.15) is 58.3 Å². The molecule has 5 nitrogen and oxygen atoms in total. The summed E-state index contributed by atoms with van der Waals surface area (Å²) in [6.45, 7) is 5.35. The van der Waals surface area contributed by atoms with E-state index in [0.717, 1.165) is 62.3 Å². The average Bonchev–Trinajstić information content (AvgIpc) is 2.75. The summed E-state index contributed by atoms with van der Waals surface area (Å²) in [5, 5.41) is 4.74. The van der Waals surface area contributed by atoms with Crippen molar-refractivity contribution in [3.8, 4) is 0 Å². The molecule has 0 radical (unpaired) electrons. The number of nitrogens with one attached hydrogen (secondary N) is 1. The number of aromatic nitrogens is 1. The van der Waals surface area contributed by atoms with Gasteiger partial charge in [0.1, 0.15) is 0 Å². The number of nitrogens with zero attached hydrogens (tertiary/aromatic N) is 2. The normalized spacial score (nSPS) is 31.1. The lowest BCUT2D eigenvalue weighted by Gasteiger charge is -2.57. The molecule has 3 atom stereocenters. The molecular weight excluding hydrogens is 422 g/mol. The summed E-state index contributed by atoms with van der Waals surface area (Å²) in [7, 11) is 2.16. The van der Waals surface area contributed by atoms with Gasteiger partial charge in [0.15, 0.2) is 0 Å². The van der Waals surface area contributed by atoms with Gasteiger partial charge >= 0.3 is 0 Å². The van der Waals surface area contributed by atoms with Gasteiger partial charge < -0.3 is 14.8 Å². The predicted octanol–water partition coefficient (Wildman–Crippen LogP) is 5.20. The first-order valence-corrected chi connectivity index (χ1v) is 13.1. The highest BCUT2D eigenvalue weighted by molar-refractivity contribution is 6.02. The van der Waals surface area contributed by atoms with Crippen LogP contribution in [0.4, 0.5) is 5.69 Å². The molecule has 1 amide bonds. The minimum atomic E-state index is 0.0495. The Balaban J connectivity index is 1.20. The summed E-state index contributed by atoms with van der Waals surface area (Å²) in [5.74, 6) is 1.39. The average molecular weight is 460 g/mol. The van der Waals surface area contributed by atoms with Gasteiger partial charge in [0.2, 0.25) is 5.91 Å². The van der Waals surface area contributed by atoms with E-state index in [2.05, 4.69) is 30.3 Å². The molecule has 1 saturated heterocycles. The number of pyridine rings is 1.